The van der Waals surface area contributed by atoms with Crippen molar-refractivity contribution >= 4 is 23.5 Å². The van der Waals surface area contributed by atoms with Crippen LogP contribution < -0.4 is 4.74 Å². The molecule has 14 heavy (non-hydrogen) atoms. The molecule has 2 unspecified atom stereocenters. The van der Waals surface area contributed by atoms with Gasteiger partial charge in [-0.25, -0.2) is 0 Å². The molecule has 0 bridgehead atoms. The number of ether oxygens (including phenoxy) is 1. The van der Waals surface area contributed by atoms with Crippen LogP contribution in [0.3, 0.4) is 0 Å². The average molecular weight is 228 g/mol. The van der Waals surface area contributed by atoms with Crippen LogP contribution in [0.15, 0.2) is 30.3 Å². The third-order valence-electron chi connectivity index (χ3n) is 1.90. The van der Waals surface area contributed by atoms with E-state index in [2.05, 4.69) is 0 Å². The van der Waals surface area contributed by atoms with Crippen LogP contribution in [0.5, 0.6) is 5.75 Å². The Morgan fingerprint density at radius 3 is 2.79 bits per heavy atom. The summed E-state index contributed by atoms with van der Waals surface area (Å²) in [5.41, 5.74) is 0. The molecule has 0 aromatic heterocycles. The molecule has 0 aliphatic carbocycles. The molecule has 1 aromatic rings. The summed E-state index contributed by atoms with van der Waals surface area (Å²) in [6.45, 7) is 0.242. The lowest BCUT2D eigenvalue weighted by molar-refractivity contribution is 0.301. The second kappa shape index (κ2) is 4.96. The summed E-state index contributed by atoms with van der Waals surface area (Å²) in [7, 11) is 0. The molecule has 4 heteroatoms. The van der Waals surface area contributed by atoms with Crippen LogP contribution in [0.4, 0.5) is 0 Å². The monoisotopic (exact) mass is 228 g/mol. The summed E-state index contributed by atoms with van der Waals surface area (Å²) in [6, 6.07) is 9.80. The first-order valence-corrected chi connectivity index (χ1v) is 6.47. The van der Waals surface area contributed by atoms with Crippen molar-refractivity contribution in [2.75, 3.05) is 12.4 Å². The number of aliphatic hydroxyl groups is 1. The van der Waals surface area contributed by atoms with Crippen molar-refractivity contribution in [3.8, 4) is 5.75 Å². The van der Waals surface area contributed by atoms with E-state index in [9.17, 15) is 0 Å². The number of hydrogen-bond donors (Lipinski definition) is 1. The van der Waals surface area contributed by atoms with Crippen molar-refractivity contribution in [3.63, 3.8) is 0 Å². The minimum absolute atomic E-state index is 0.134. The molecule has 1 N–H and O–H groups in total. The lowest BCUT2D eigenvalue weighted by Crippen LogP contribution is -2.08. The smallest absolute Gasteiger partial charge is 0.191 e. The largest absolute Gasteiger partial charge is 0.470 e. The molecule has 0 spiro atoms. The number of aliphatic hydroxyl groups excluding tert-OH is 1. The Morgan fingerprint density at radius 1 is 1.36 bits per heavy atom. The zero-order chi connectivity index (χ0) is 9.80. The third kappa shape index (κ3) is 2.59. The maximum atomic E-state index is 8.96. The molecular formula is C10H12O2S2. The van der Waals surface area contributed by atoms with Gasteiger partial charge in [-0.2, -0.15) is 0 Å². The van der Waals surface area contributed by atoms with Gasteiger partial charge >= 0.3 is 0 Å². The standard InChI is InChI=1S/C10H12O2S2/c11-6-9-7-13-10(14-9)12-8-4-2-1-3-5-8/h1-5,9-11H,6-7H2. The highest BCUT2D eigenvalue weighted by Crippen LogP contribution is 2.38. The summed E-state index contributed by atoms with van der Waals surface area (Å²) < 4.78 is 5.86. The quantitative estimate of drug-likeness (QED) is 0.859. The summed E-state index contributed by atoms with van der Waals surface area (Å²) in [6.07, 6.45) is 0. The molecule has 0 radical (unpaired) electrons. The maximum absolute atomic E-state index is 8.96. The molecule has 1 aliphatic heterocycles. The fourth-order valence-electron chi connectivity index (χ4n) is 1.19. The summed E-state index contributed by atoms with van der Waals surface area (Å²) >= 11 is 3.45. The van der Waals surface area contributed by atoms with Gasteiger partial charge in [0.25, 0.3) is 0 Å². The predicted molar refractivity (Wildman–Crippen MR) is 61.8 cm³/mol. The second-order valence-electron chi connectivity index (χ2n) is 2.99. The van der Waals surface area contributed by atoms with Crippen LogP contribution in [-0.4, -0.2) is 27.5 Å². The van der Waals surface area contributed by atoms with E-state index in [0.29, 0.717) is 5.25 Å². The Kier molecular flexibility index (Phi) is 3.61. The van der Waals surface area contributed by atoms with Gasteiger partial charge in [-0.3, -0.25) is 0 Å². The summed E-state index contributed by atoms with van der Waals surface area (Å²) in [5, 5.41) is 9.29. The molecule has 0 amide bonds. The van der Waals surface area contributed by atoms with Crippen molar-refractivity contribution in [2.45, 2.75) is 10.0 Å². The molecule has 0 saturated carbocycles. The minimum Gasteiger partial charge on any atom is -0.470 e. The van der Waals surface area contributed by atoms with Gasteiger partial charge in [0.15, 0.2) is 4.77 Å². The zero-order valence-corrected chi connectivity index (χ0v) is 9.26. The van der Waals surface area contributed by atoms with E-state index in [-0.39, 0.29) is 11.4 Å². The van der Waals surface area contributed by atoms with Gasteiger partial charge in [-0.1, -0.05) is 18.2 Å². The number of benzene rings is 1. The zero-order valence-electron chi connectivity index (χ0n) is 7.63. The lowest BCUT2D eigenvalue weighted by Gasteiger charge is -2.11. The van der Waals surface area contributed by atoms with Gasteiger partial charge in [0, 0.05) is 11.0 Å². The Morgan fingerprint density at radius 2 is 2.14 bits per heavy atom. The molecular weight excluding hydrogens is 216 g/mol. The molecule has 2 atom stereocenters. The maximum Gasteiger partial charge on any atom is 0.191 e. The van der Waals surface area contributed by atoms with Crippen molar-refractivity contribution in [2.24, 2.45) is 0 Å². The van der Waals surface area contributed by atoms with E-state index in [1.54, 1.807) is 23.5 Å². The fourth-order valence-corrected chi connectivity index (χ4v) is 3.98. The van der Waals surface area contributed by atoms with Gasteiger partial charge in [0.1, 0.15) is 5.75 Å². The molecule has 76 valence electrons. The van der Waals surface area contributed by atoms with Crippen LogP contribution in [-0.2, 0) is 0 Å². The van der Waals surface area contributed by atoms with Gasteiger partial charge in [-0.15, -0.1) is 23.5 Å². The van der Waals surface area contributed by atoms with Gasteiger partial charge in [-0.05, 0) is 12.1 Å². The van der Waals surface area contributed by atoms with E-state index in [4.69, 9.17) is 9.84 Å². The number of thioether (sulfide) groups is 2. The third-order valence-corrected chi connectivity index (χ3v) is 4.84. The van der Waals surface area contributed by atoms with Crippen molar-refractivity contribution in [1.29, 1.82) is 0 Å². The second-order valence-corrected chi connectivity index (χ2v) is 5.75. The Hall–Kier alpha value is -0.320. The van der Waals surface area contributed by atoms with Crippen LogP contribution in [0.25, 0.3) is 0 Å². The Bertz CT molecular complexity index is 279. The van der Waals surface area contributed by atoms with Gasteiger partial charge < -0.3 is 9.84 Å². The SMILES string of the molecule is OCC1CSC(Oc2ccccc2)S1. The van der Waals surface area contributed by atoms with E-state index >= 15 is 0 Å². The molecule has 1 aromatic carbocycles. The number of rotatable bonds is 3. The first kappa shape index (κ1) is 10.2. The molecule has 2 rings (SSSR count). The van der Waals surface area contributed by atoms with E-state index in [0.717, 1.165) is 11.5 Å². The van der Waals surface area contributed by atoms with Crippen LogP contribution in [0, 0.1) is 0 Å². The first-order valence-electron chi connectivity index (χ1n) is 4.48. The highest BCUT2D eigenvalue weighted by Gasteiger charge is 2.26. The lowest BCUT2D eigenvalue weighted by atomic mass is 10.3. The Balaban J connectivity index is 1.88. The van der Waals surface area contributed by atoms with Crippen molar-refractivity contribution in [1.82, 2.24) is 0 Å². The first-order chi connectivity index (χ1) is 6.88. The van der Waals surface area contributed by atoms with E-state index < -0.39 is 0 Å². The van der Waals surface area contributed by atoms with Crippen LogP contribution in [0.2, 0.25) is 0 Å². The molecule has 1 saturated heterocycles. The molecule has 1 aliphatic rings. The van der Waals surface area contributed by atoms with Gasteiger partial charge in [0.05, 0.1) is 6.61 Å². The normalized spacial score (nSPS) is 26.4. The molecule has 1 fully saturated rings. The predicted octanol–water partition coefficient (Wildman–Crippen LogP) is 2.19. The fraction of sp³-hybridized carbons (Fsp3) is 0.400. The van der Waals surface area contributed by atoms with E-state index in [1.807, 2.05) is 30.3 Å². The molecule has 1 heterocycles. The van der Waals surface area contributed by atoms with Crippen molar-refractivity contribution in [3.05, 3.63) is 30.3 Å². The summed E-state index contributed by atoms with van der Waals surface area (Å²) in [5.74, 6) is 1.87. The van der Waals surface area contributed by atoms with E-state index in [1.165, 1.54) is 0 Å². The Labute approximate surface area is 92.0 Å². The van der Waals surface area contributed by atoms with Crippen molar-refractivity contribution < 1.29 is 9.84 Å². The highest BCUT2D eigenvalue weighted by atomic mass is 32.2. The van der Waals surface area contributed by atoms with Crippen LogP contribution >= 0.6 is 23.5 Å². The minimum atomic E-state index is 0.134. The highest BCUT2D eigenvalue weighted by molar-refractivity contribution is 8.20. The summed E-state index contributed by atoms with van der Waals surface area (Å²) in [4.78, 5) is 0. The topological polar surface area (TPSA) is 29.5 Å². The molecule has 2 nitrogen and oxygen atoms in total. The number of para-hydroxylation sites is 1. The van der Waals surface area contributed by atoms with Gasteiger partial charge in [0.2, 0.25) is 0 Å². The average Bonchev–Trinajstić information content (AvgIpc) is 2.67. The van der Waals surface area contributed by atoms with Crippen LogP contribution in [0.1, 0.15) is 0 Å². The number of hydrogen-bond acceptors (Lipinski definition) is 4.